The van der Waals surface area contributed by atoms with E-state index in [1.54, 1.807) is 12.1 Å². The Kier molecular flexibility index (Phi) is 6.35. The molecule has 138 valence electrons. The normalized spacial score (nSPS) is 15.0. The number of carbonyl (C=O) groups is 2. The van der Waals surface area contributed by atoms with E-state index in [4.69, 9.17) is 0 Å². The second-order valence-electron chi connectivity index (χ2n) is 6.26. The van der Waals surface area contributed by atoms with Crippen LogP contribution >= 0.6 is 11.3 Å². The zero-order chi connectivity index (χ0) is 18.4. The molecule has 1 fully saturated rings. The van der Waals surface area contributed by atoms with Gasteiger partial charge in [0.25, 0.3) is 5.91 Å². The quantitative estimate of drug-likeness (QED) is 0.840. The van der Waals surface area contributed by atoms with Crippen molar-refractivity contribution >= 4 is 23.2 Å². The molecule has 1 aliphatic rings. The summed E-state index contributed by atoms with van der Waals surface area (Å²) in [5.74, 6) is -0.263. The summed E-state index contributed by atoms with van der Waals surface area (Å²) in [5.41, 5.74) is 0.796. The number of thiophene rings is 1. The van der Waals surface area contributed by atoms with Gasteiger partial charge < -0.3 is 10.2 Å². The maximum atomic E-state index is 12.9. The summed E-state index contributed by atoms with van der Waals surface area (Å²) in [5, 5.41) is 4.81. The molecule has 0 aliphatic carbocycles. The van der Waals surface area contributed by atoms with Crippen molar-refractivity contribution in [2.45, 2.75) is 6.42 Å². The van der Waals surface area contributed by atoms with Crippen LogP contribution in [-0.4, -0.2) is 60.9 Å². The first kappa shape index (κ1) is 18.5. The minimum atomic E-state index is -0.300. The minimum Gasteiger partial charge on any atom is -0.355 e. The van der Waals surface area contributed by atoms with Gasteiger partial charge in [-0.25, -0.2) is 4.39 Å². The van der Waals surface area contributed by atoms with E-state index in [2.05, 4.69) is 10.2 Å². The van der Waals surface area contributed by atoms with Crippen LogP contribution in [-0.2, 0) is 11.2 Å². The van der Waals surface area contributed by atoms with Gasteiger partial charge in [0.15, 0.2) is 0 Å². The lowest BCUT2D eigenvalue weighted by Gasteiger charge is -2.34. The number of amides is 2. The molecule has 1 aromatic heterocycles. The van der Waals surface area contributed by atoms with E-state index in [-0.39, 0.29) is 24.1 Å². The summed E-state index contributed by atoms with van der Waals surface area (Å²) in [4.78, 5) is 29.2. The highest BCUT2D eigenvalue weighted by Crippen LogP contribution is 2.13. The van der Waals surface area contributed by atoms with Crippen molar-refractivity contribution in [2.75, 3.05) is 39.3 Å². The Morgan fingerprint density at radius 1 is 1.08 bits per heavy atom. The number of carbonyl (C=O) groups excluding carboxylic acids is 2. The number of hydrogen-bond acceptors (Lipinski definition) is 4. The van der Waals surface area contributed by atoms with E-state index in [9.17, 15) is 14.0 Å². The van der Waals surface area contributed by atoms with Crippen molar-refractivity contribution in [2.24, 2.45) is 0 Å². The van der Waals surface area contributed by atoms with Crippen LogP contribution in [0.15, 0.2) is 41.8 Å². The molecule has 0 saturated carbocycles. The molecule has 2 amide bonds. The Bertz CT molecular complexity index is 726. The number of rotatable bonds is 6. The number of halogens is 1. The maximum absolute atomic E-state index is 12.9. The largest absolute Gasteiger partial charge is 0.355 e. The molecular formula is C19H22FN3O2S. The third-order valence-electron chi connectivity index (χ3n) is 4.42. The van der Waals surface area contributed by atoms with E-state index < -0.39 is 0 Å². The molecule has 0 radical (unpaired) electrons. The number of nitrogens with one attached hydrogen (secondary N) is 1. The molecule has 1 saturated heterocycles. The molecule has 0 atom stereocenters. The summed E-state index contributed by atoms with van der Waals surface area (Å²) in [6.45, 7) is 4.37. The van der Waals surface area contributed by atoms with Crippen LogP contribution in [0.3, 0.4) is 0 Å². The highest BCUT2D eigenvalue weighted by Gasteiger charge is 2.22. The predicted molar refractivity (Wildman–Crippen MR) is 99.8 cm³/mol. The lowest BCUT2D eigenvalue weighted by Crippen LogP contribution is -2.50. The van der Waals surface area contributed by atoms with Gasteiger partial charge in [-0.1, -0.05) is 18.2 Å². The van der Waals surface area contributed by atoms with E-state index in [0.717, 1.165) is 30.1 Å². The Morgan fingerprint density at radius 2 is 1.81 bits per heavy atom. The van der Waals surface area contributed by atoms with Gasteiger partial charge in [-0.15, -0.1) is 11.3 Å². The van der Waals surface area contributed by atoms with E-state index in [1.807, 2.05) is 22.4 Å². The summed E-state index contributed by atoms with van der Waals surface area (Å²) < 4.78 is 12.9. The van der Waals surface area contributed by atoms with Crippen LogP contribution in [0.2, 0.25) is 0 Å². The number of benzene rings is 1. The fraction of sp³-hybridized carbons (Fsp3) is 0.368. The van der Waals surface area contributed by atoms with E-state index in [1.165, 1.54) is 23.5 Å². The minimum absolute atomic E-state index is 0.0666. The highest BCUT2D eigenvalue weighted by atomic mass is 32.1. The van der Waals surface area contributed by atoms with Gasteiger partial charge in [-0.3, -0.25) is 14.5 Å². The second-order valence-corrected chi connectivity index (χ2v) is 7.21. The van der Waals surface area contributed by atoms with Gasteiger partial charge >= 0.3 is 0 Å². The van der Waals surface area contributed by atoms with Gasteiger partial charge in [0.1, 0.15) is 5.82 Å². The average Bonchev–Trinajstić information content (AvgIpc) is 3.18. The Labute approximate surface area is 156 Å². The topological polar surface area (TPSA) is 52.7 Å². The molecule has 2 aromatic rings. The lowest BCUT2D eigenvalue weighted by atomic mass is 10.1. The number of piperazine rings is 1. The third kappa shape index (κ3) is 5.12. The van der Waals surface area contributed by atoms with Crippen LogP contribution in [0.1, 0.15) is 15.2 Å². The first-order valence-corrected chi connectivity index (χ1v) is 9.56. The molecule has 2 heterocycles. The Morgan fingerprint density at radius 3 is 2.46 bits per heavy atom. The number of hydrogen-bond donors (Lipinski definition) is 1. The van der Waals surface area contributed by atoms with Crippen molar-refractivity contribution in [1.29, 1.82) is 0 Å². The van der Waals surface area contributed by atoms with E-state index >= 15 is 0 Å². The van der Waals surface area contributed by atoms with Crippen LogP contribution in [0, 0.1) is 5.82 Å². The van der Waals surface area contributed by atoms with Crippen molar-refractivity contribution in [1.82, 2.24) is 15.1 Å². The van der Waals surface area contributed by atoms with Crippen molar-refractivity contribution < 1.29 is 14.0 Å². The predicted octanol–water partition coefficient (Wildman–Crippen LogP) is 2.00. The second kappa shape index (κ2) is 8.91. The molecule has 1 aromatic carbocycles. The Hall–Kier alpha value is -2.25. The van der Waals surface area contributed by atoms with Gasteiger partial charge in [0.05, 0.1) is 11.3 Å². The fourth-order valence-electron chi connectivity index (χ4n) is 2.93. The molecule has 1 N–H and O–H groups in total. The first-order valence-electron chi connectivity index (χ1n) is 8.68. The molecule has 5 nitrogen and oxygen atoms in total. The van der Waals surface area contributed by atoms with Crippen molar-refractivity contribution in [3.8, 4) is 0 Å². The fourth-order valence-corrected chi connectivity index (χ4v) is 3.63. The maximum Gasteiger partial charge on any atom is 0.264 e. The highest BCUT2D eigenvalue weighted by molar-refractivity contribution is 7.12. The van der Waals surface area contributed by atoms with E-state index in [0.29, 0.717) is 19.6 Å². The van der Waals surface area contributed by atoms with Crippen LogP contribution in [0.5, 0.6) is 0 Å². The Balaban J connectivity index is 1.34. The smallest absolute Gasteiger partial charge is 0.264 e. The summed E-state index contributed by atoms with van der Waals surface area (Å²) in [6, 6.07) is 9.72. The first-order chi connectivity index (χ1) is 12.6. The molecule has 0 spiro atoms. The van der Waals surface area contributed by atoms with Crippen molar-refractivity contribution in [3.63, 3.8) is 0 Å². The molecule has 0 unspecified atom stereocenters. The van der Waals surface area contributed by atoms with Gasteiger partial charge in [-0.05, 0) is 29.1 Å². The van der Waals surface area contributed by atoms with Crippen LogP contribution in [0.25, 0.3) is 0 Å². The molecule has 7 heteroatoms. The molecule has 0 bridgehead atoms. The van der Waals surface area contributed by atoms with Gasteiger partial charge in [-0.2, -0.15) is 0 Å². The molecule has 1 aliphatic heterocycles. The number of nitrogens with zero attached hydrogens (tertiary/aromatic N) is 2. The third-order valence-corrected chi connectivity index (χ3v) is 5.28. The molecule has 3 rings (SSSR count). The van der Waals surface area contributed by atoms with Gasteiger partial charge in [0.2, 0.25) is 5.91 Å². The SMILES string of the molecule is O=C(Cc1ccc(F)cc1)NCCN1CCN(C(=O)c2cccs2)CC1. The summed E-state index contributed by atoms with van der Waals surface area (Å²) in [6.07, 6.45) is 0.253. The summed E-state index contributed by atoms with van der Waals surface area (Å²) >= 11 is 1.47. The molecule has 26 heavy (non-hydrogen) atoms. The standard InChI is InChI=1S/C19H22FN3O2S/c20-16-5-3-15(4-6-16)14-18(24)21-7-8-22-9-11-23(12-10-22)19(25)17-2-1-13-26-17/h1-6,13H,7-12,14H2,(H,21,24). The van der Waals surface area contributed by atoms with Crippen LogP contribution < -0.4 is 5.32 Å². The van der Waals surface area contributed by atoms with Gasteiger partial charge in [0, 0.05) is 39.3 Å². The zero-order valence-electron chi connectivity index (χ0n) is 14.5. The van der Waals surface area contributed by atoms with Crippen LogP contribution in [0.4, 0.5) is 4.39 Å². The summed E-state index contributed by atoms with van der Waals surface area (Å²) in [7, 11) is 0. The van der Waals surface area contributed by atoms with Crippen molar-refractivity contribution in [3.05, 3.63) is 58.0 Å². The zero-order valence-corrected chi connectivity index (χ0v) is 15.3. The monoisotopic (exact) mass is 375 g/mol. The lowest BCUT2D eigenvalue weighted by molar-refractivity contribution is -0.120. The molecular weight excluding hydrogens is 353 g/mol. The average molecular weight is 375 g/mol.